The van der Waals surface area contributed by atoms with E-state index in [1.54, 1.807) is 0 Å². The average molecular weight is 97.1 g/mol. The molecule has 3 aliphatic heterocycles. The highest BCUT2D eigenvalue weighted by atomic mass is 16.5. The topological polar surface area (TPSA) is 12.5 Å². The molecule has 38 valence electrons. The first-order chi connectivity index (χ1) is 3.36. The first kappa shape index (κ1) is 3.50. The van der Waals surface area contributed by atoms with Crippen LogP contribution in [0.5, 0.6) is 0 Å². The van der Waals surface area contributed by atoms with Crippen LogP contribution in [-0.4, -0.2) is 24.7 Å². The average Bonchev–Trinajstić information content (AvgIpc) is 1.85. The molecule has 0 aliphatic carbocycles. The van der Waals surface area contributed by atoms with E-state index in [9.17, 15) is 0 Å². The van der Waals surface area contributed by atoms with Crippen molar-refractivity contribution in [2.75, 3.05) is 13.6 Å². The highest BCUT2D eigenvalue weighted by Crippen LogP contribution is 2.28. The van der Waals surface area contributed by atoms with E-state index in [4.69, 9.17) is 4.74 Å². The third-order valence-corrected chi connectivity index (χ3v) is 1.44. The molecule has 3 aliphatic rings. The third kappa shape index (κ3) is 0.280. The van der Waals surface area contributed by atoms with Crippen molar-refractivity contribution in [3.05, 3.63) is 11.8 Å². The van der Waals surface area contributed by atoms with Gasteiger partial charge in [0.1, 0.15) is 5.76 Å². The van der Waals surface area contributed by atoms with E-state index in [-0.39, 0.29) is 0 Å². The summed E-state index contributed by atoms with van der Waals surface area (Å²) in [6, 6.07) is 0. The SMILES string of the molecule is CN1CC2=CC1O2. The first-order valence-corrected chi connectivity index (χ1v) is 2.44. The Hall–Kier alpha value is -0.500. The van der Waals surface area contributed by atoms with Crippen molar-refractivity contribution in [1.82, 2.24) is 4.90 Å². The van der Waals surface area contributed by atoms with E-state index >= 15 is 0 Å². The maximum absolute atomic E-state index is 5.15. The molecule has 0 aromatic rings. The Balaban J connectivity index is 2.26. The fourth-order valence-electron chi connectivity index (χ4n) is 0.958. The highest BCUT2D eigenvalue weighted by molar-refractivity contribution is 5.16. The Kier molecular flexibility index (Phi) is 0.421. The zero-order valence-corrected chi connectivity index (χ0v) is 4.22. The standard InChI is InChI=1S/C5H7NO/c1-6-3-4-2-5(6)7-4/h2,5H,3H2,1H3. The molecule has 0 N–H and O–H groups in total. The number of rotatable bonds is 0. The molecule has 0 aromatic heterocycles. The number of hydrogen-bond donors (Lipinski definition) is 0. The predicted molar refractivity (Wildman–Crippen MR) is 25.6 cm³/mol. The summed E-state index contributed by atoms with van der Waals surface area (Å²) >= 11 is 0. The van der Waals surface area contributed by atoms with Gasteiger partial charge in [-0.1, -0.05) is 0 Å². The second kappa shape index (κ2) is 0.842. The predicted octanol–water partition coefficient (Wildman–Crippen LogP) is 0.172. The summed E-state index contributed by atoms with van der Waals surface area (Å²) in [6.45, 7) is 1.02. The smallest absolute Gasteiger partial charge is 0.175 e. The Bertz CT molecular complexity index is 130. The van der Waals surface area contributed by atoms with E-state index in [2.05, 4.69) is 18.0 Å². The summed E-state index contributed by atoms with van der Waals surface area (Å²) in [5.41, 5.74) is 0. The van der Waals surface area contributed by atoms with Crippen LogP contribution in [0.1, 0.15) is 0 Å². The van der Waals surface area contributed by atoms with Gasteiger partial charge in [-0.15, -0.1) is 0 Å². The van der Waals surface area contributed by atoms with Gasteiger partial charge in [-0.25, -0.2) is 0 Å². The molecular weight excluding hydrogens is 90.1 g/mol. The van der Waals surface area contributed by atoms with Gasteiger partial charge in [0, 0.05) is 6.08 Å². The fourth-order valence-corrected chi connectivity index (χ4v) is 0.958. The van der Waals surface area contributed by atoms with Gasteiger partial charge in [0.15, 0.2) is 6.23 Å². The van der Waals surface area contributed by atoms with Gasteiger partial charge in [0.05, 0.1) is 6.54 Å². The zero-order valence-electron chi connectivity index (χ0n) is 4.22. The van der Waals surface area contributed by atoms with Crippen LogP contribution in [0.15, 0.2) is 11.8 Å². The van der Waals surface area contributed by atoms with Gasteiger partial charge in [0.25, 0.3) is 0 Å². The lowest BCUT2D eigenvalue weighted by atomic mass is 10.4. The van der Waals surface area contributed by atoms with Crippen molar-refractivity contribution in [3.8, 4) is 0 Å². The minimum absolute atomic E-state index is 0.329. The molecule has 2 bridgehead atoms. The van der Waals surface area contributed by atoms with Crippen molar-refractivity contribution < 1.29 is 4.74 Å². The fraction of sp³-hybridized carbons (Fsp3) is 0.600. The van der Waals surface area contributed by atoms with E-state index < -0.39 is 0 Å². The van der Waals surface area contributed by atoms with Crippen LogP contribution in [0.3, 0.4) is 0 Å². The molecule has 0 saturated carbocycles. The molecule has 2 nitrogen and oxygen atoms in total. The zero-order chi connectivity index (χ0) is 4.85. The van der Waals surface area contributed by atoms with Crippen LogP contribution in [0, 0.1) is 0 Å². The van der Waals surface area contributed by atoms with Gasteiger partial charge >= 0.3 is 0 Å². The van der Waals surface area contributed by atoms with E-state index in [0.717, 1.165) is 12.3 Å². The molecule has 0 spiro atoms. The van der Waals surface area contributed by atoms with Crippen LogP contribution in [0.2, 0.25) is 0 Å². The van der Waals surface area contributed by atoms with Crippen molar-refractivity contribution in [2.45, 2.75) is 6.23 Å². The first-order valence-electron chi connectivity index (χ1n) is 2.44. The second-order valence-electron chi connectivity index (χ2n) is 2.06. The number of fused-ring (bicyclic) bond motifs is 1. The molecule has 0 aromatic carbocycles. The van der Waals surface area contributed by atoms with E-state index in [0.29, 0.717) is 6.23 Å². The van der Waals surface area contributed by atoms with Crippen LogP contribution in [0.25, 0.3) is 0 Å². The molecule has 3 heterocycles. The minimum atomic E-state index is 0.329. The lowest BCUT2D eigenvalue weighted by molar-refractivity contribution is 0.0780. The summed E-state index contributed by atoms with van der Waals surface area (Å²) in [5.74, 6) is 1.15. The molecule has 1 atom stereocenters. The third-order valence-electron chi connectivity index (χ3n) is 1.44. The quantitative estimate of drug-likeness (QED) is 0.427. The van der Waals surface area contributed by atoms with Gasteiger partial charge in [-0.2, -0.15) is 0 Å². The second-order valence-corrected chi connectivity index (χ2v) is 2.06. The normalized spacial score (nSPS) is 36.7. The molecular formula is C5H7NO. The summed E-state index contributed by atoms with van der Waals surface area (Å²) in [7, 11) is 2.06. The Morgan fingerprint density at radius 2 is 2.71 bits per heavy atom. The molecule has 2 heteroatoms. The molecule has 0 radical (unpaired) electrons. The Morgan fingerprint density at radius 3 is 2.86 bits per heavy atom. The van der Waals surface area contributed by atoms with Gasteiger partial charge in [0.2, 0.25) is 0 Å². The summed E-state index contributed by atoms with van der Waals surface area (Å²) in [4.78, 5) is 2.16. The van der Waals surface area contributed by atoms with Gasteiger partial charge in [-0.3, -0.25) is 4.90 Å². The van der Waals surface area contributed by atoms with Crippen molar-refractivity contribution in [1.29, 1.82) is 0 Å². The van der Waals surface area contributed by atoms with Crippen molar-refractivity contribution >= 4 is 0 Å². The van der Waals surface area contributed by atoms with Crippen LogP contribution < -0.4 is 0 Å². The van der Waals surface area contributed by atoms with Crippen LogP contribution in [-0.2, 0) is 4.74 Å². The largest absolute Gasteiger partial charge is 0.475 e. The maximum Gasteiger partial charge on any atom is 0.175 e. The lowest BCUT2D eigenvalue weighted by Gasteiger charge is -2.16. The van der Waals surface area contributed by atoms with Gasteiger partial charge in [-0.05, 0) is 7.05 Å². The Morgan fingerprint density at radius 1 is 2.00 bits per heavy atom. The maximum atomic E-state index is 5.15. The molecule has 1 fully saturated rings. The summed E-state index contributed by atoms with van der Waals surface area (Å²) < 4.78 is 5.15. The highest BCUT2D eigenvalue weighted by Gasteiger charge is 2.33. The summed E-state index contributed by atoms with van der Waals surface area (Å²) in [5, 5.41) is 0. The van der Waals surface area contributed by atoms with Crippen molar-refractivity contribution in [3.63, 3.8) is 0 Å². The molecule has 7 heavy (non-hydrogen) atoms. The number of ether oxygens (including phenoxy) is 1. The number of hydrogen-bond acceptors (Lipinski definition) is 2. The number of likely N-dealkylation sites (N-methyl/N-ethyl adjacent to an activating group) is 1. The van der Waals surface area contributed by atoms with E-state index in [1.165, 1.54) is 0 Å². The molecule has 1 unspecified atom stereocenters. The van der Waals surface area contributed by atoms with Crippen LogP contribution >= 0.6 is 0 Å². The Labute approximate surface area is 42.4 Å². The number of nitrogens with zero attached hydrogens (tertiary/aromatic N) is 1. The van der Waals surface area contributed by atoms with Crippen molar-refractivity contribution in [2.24, 2.45) is 0 Å². The summed E-state index contributed by atoms with van der Waals surface area (Å²) in [6.07, 6.45) is 2.47. The molecule has 1 saturated heterocycles. The molecule has 0 amide bonds. The molecule has 3 rings (SSSR count). The van der Waals surface area contributed by atoms with Crippen LogP contribution in [0.4, 0.5) is 0 Å². The van der Waals surface area contributed by atoms with Gasteiger partial charge < -0.3 is 4.74 Å². The lowest BCUT2D eigenvalue weighted by Crippen LogP contribution is -2.23. The van der Waals surface area contributed by atoms with E-state index in [1.807, 2.05) is 0 Å². The minimum Gasteiger partial charge on any atom is -0.475 e. The monoisotopic (exact) mass is 97.1 g/mol.